The van der Waals surface area contributed by atoms with Crippen LogP contribution in [0, 0.1) is 5.92 Å². The smallest absolute Gasteiger partial charge is 0.330 e. The Kier molecular flexibility index (Phi) is 3.10. The molecule has 0 saturated carbocycles. The summed E-state index contributed by atoms with van der Waals surface area (Å²) >= 11 is 0. The maximum absolute atomic E-state index is 11.8. The van der Waals surface area contributed by atoms with Gasteiger partial charge in [0.2, 0.25) is 0 Å². The Morgan fingerprint density at radius 1 is 1.50 bits per heavy atom. The zero-order chi connectivity index (χ0) is 12.6. The molecule has 0 aromatic rings. The Morgan fingerprint density at radius 3 is 2.44 bits per heavy atom. The van der Waals surface area contributed by atoms with E-state index in [2.05, 4.69) is 0 Å². The van der Waals surface area contributed by atoms with Crippen molar-refractivity contribution in [2.24, 2.45) is 11.7 Å². The number of carboxylic acid groups (broad SMARTS) is 1. The van der Waals surface area contributed by atoms with Crippen LogP contribution in [0.25, 0.3) is 0 Å². The Hall–Kier alpha value is -1.36. The highest BCUT2D eigenvalue weighted by Crippen LogP contribution is 2.28. The topological polar surface area (TPSA) is 89.6 Å². The minimum Gasteiger partial charge on any atom is -0.481 e. The van der Waals surface area contributed by atoms with Crippen molar-refractivity contribution in [2.75, 3.05) is 0 Å². The molecule has 0 aromatic carbocycles. The number of aliphatic carboxylic acids is 1. The second kappa shape index (κ2) is 3.90. The molecule has 3 N–H and O–H groups in total. The summed E-state index contributed by atoms with van der Waals surface area (Å²) < 4.78 is 5.14. The van der Waals surface area contributed by atoms with Crippen LogP contribution in [-0.4, -0.2) is 28.2 Å². The molecule has 90 valence electrons. The second-order valence-electron chi connectivity index (χ2n) is 5.05. The molecule has 0 saturated heterocycles. The number of esters is 1. The van der Waals surface area contributed by atoms with E-state index in [0.717, 1.165) is 0 Å². The molecule has 0 amide bonds. The lowest BCUT2D eigenvalue weighted by Gasteiger charge is -2.27. The van der Waals surface area contributed by atoms with Crippen molar-refractivity contribution in [1.82, 2.24) is 0 Å². The van der Waals surface area contributed by atoms with Crippen LogP contribution in [0.1, 0.15) is 27.2 Å². The van der Waals surface area contributed by atoms with E-state index in [1.54, 1.807) is 20.8 Å². The molecule has 2 unspecified atom stereocenters. The normalized spacial score (nSPS) is 29.1. The summed E-state index contributed by atoms with van der Waals surface area (Å²) in [7, 11) is 0. The molecule has 0 fully saturated rings. The number of rotatable bonds is 2. The molecule has 0 radical (unpaired) electrons. The molecule has 0 bridgehead atoms. The van der Waals surface area contributed by atoms with E-state index in [1.165, 1.54) is 12.2 Å². The van der Waals surface area contributed by atoms with Gasteiger partial charge in [-0.2, -0.15) is 0 Å². The first-order valence-electron chi connectivity index (χ1n) is 5.08. The summed E-state index contributed by atoms with van der Waals surface area (Å²) in [5.41, 5.74) is 3.88. The Bertz CT molecular complexity index is 342. The summed E-state index contributed by atoms with van der Waals surface area (Å²) in [6.45, 7) is 5.21. The average molecular weight is 227 g/mol. The van der Waals surface area contributed by atoms with Crippen LogP contribution < -0.4 is 5.73 Å². The van der Waals surface area contributed by atoms with Gasteiger partial charge >= 0.3 is 11.9 Å². The van der Waals surface area contributed by atoms with Gasteiger partial charge < -0.3 is 15.6 Å². The highest BCUT2D eigenvalue weighted by Gasteiger charge is 2.42. The van der Waals surface area contributed by atoms with Gasteiger partial charge in [-0.1, -0.05) is 12.2 Å². The molecule has 0 aromatic heterocycles. The van der Waals surface area contributed by atoms with Crippen molar-refractivity contribution in [3.8, 4) is 0 Å². The monoisotopic (exact) mass is 227 g/mol. The summed E-state index contributed by atoms with van der Waals surface area (Å²) in [4.78, 5) is 22.5. The number of ether oxygens (including phenoxy) is 1. The summed E-state index contributed by atoms with van der Waals surface area (Å²) in [5.74, 6) is -2.27. The summed E-state index contributed by atoms with van der Waals surface area (Å²) in [6, 6.07) is 0. The third kappa shape index (κ3) is 2.82. The van der Waals surface area contributed by atoms with E-state index in [9.17, 15) is 9.59 Å². The zero-order valence-electron chi connectivity index (χ0n) is 9.69. The van der Waals surface area contributed by atoms with Gasteiger partial charge in [0, 0.05) is 0 Å². The predicted molar refractivity (Wildman–Crippen MR) is 57.6 cm³/mol. The molecular formula is C11H17NO4. The van der Waals surface area contributed by atoms with Crippen LogP contribution in [0.3, 0.4) is 0 Å². The highest BCUT2D eigenvalue weighted by atomic mass is 16.6. The van der Waals surface area contributed by atoms with Crippen molar-refractivity contribution in [1.29, 1.82) is 0 Å². The Morgan fingerprint density at radius 2 is 2.06 bits per heavy atom. The third-order valence-corrected chi connectivity index (χ3v) is 2.28. The number of nitrogens with two attached hydrogens (primary N) is 1. The minimum absolute atomic E-state index is 0.0528. The van der Waals surface area contributed by atoms with Crippen molar-refractivity contribution in [2.45, 2.75) is 38.3 Å². The van der Waals surface area contributed by atoms with Gasteiger partial charge in [-0.3, -0.25) is 4.79 Å². The first-order valence-corrected chi connectivity index (χ1v) is 5.08. The van der Waals surface area contributed by atoms with Crippen LogP contribution in [0.2, 0.25) is 0 Å². The highest BCUT2D eigenvalue weighted by molar-refractivity contribution is 5.86. The van der Waals surface area contributed by atoms with Gasteiger partial charge in [0.25, 0.3) is 0 Å². The SMILES string of the molecule is CC(C)(C)OC(=O)C1(N)C=CC(C(=O)O)C1. The van der Waals surface area contributed by atoms with E-state index in [0.29, 0.717) is 0 Å². The lowest BCUT2D eigenvalue weighted by molar-refractivity contribution is -0.160. The molecule has 2 atom stereocenters. The molecule has 1 aliphatic carbocycles. The number of hydrogen-bond acceptors (Lipinski definition) is 4. The molecule has 1 aliphatic rings. The van der Waals surface area contributed by atoms with Crippen LogP contribution in [0.15, 0.2) is 12.2 Å². The molecule has 0 heterocycles. The van der Waals surface area contributed by atoms with E-state index < -0.39 is 29.0 Å². The third-order valence-electron chi connectivity index (χ3n) is 2.28. The summed E-state index contributed by atoms with van der Waals surface area (Å²) in [5, 5.41) is 8.80. The Balaban J connectivity index is 2.72. The second-order valence-corrected chi connectivity index (χ2v) is 5.05. The van der Waals surface area contributed by atoms with Gasteiger partial charge in [-0.25, -0.2) is 4.79 Å². The standard InChI is InChI=1S/C11H17NO4/c1-10(2,3)16-9(15)11(12)5-4-7(6-11)8(13)14/h4-5,7H,6,12H2,1-3H3,(H,13,14). The largest absolute Gasteiger partial charge is 0.481 e. The predicted octanol–water partition coefficient (Wildman–Crippen LogP) is 0.686. The number of carbonyl (C=O) groups excluding carboxylic acids is 1. The van der Waals surface area contributed by atoms with Gasteiger partial charge in [0.15, 0.2) is 0 Å². The van der Waals surface area contributed by atoms with Crippen LogP contribution in [-0.2, 0) is 14.3 Å². The molecule has 5 nitrogen and oxygen atoms in total. The molecule has 5 heteroatoms. The number of carbonyl (C=O) groups is 2. The van der Waals surface area contributed by atoms with Crippen molar-refractivity contribution >= 4 is 11.9 Å². The maximum Gasteiger partial charge on any atom is 0.330 e. The molecule has 1 rings (SSSR count). The quantitative estimate of drug-likeness (QED) is 0.535. The van der Waals surface area contributed by atoms with E-state index in [4.69, 9.17) is 15.6 Å². The lowest BCUT2D eigenvalue weighted by atomic mass is 9.96. The number of hydrogen-bond donors (Lipinski definition) is 2. The molecular weight excluding hydrogens is 210 g/mol. The van der Waals surface area contributed by atoms with Crippen LogP contribution >= 0.6 is 0 Å². The fourth-order valence-electron chi connectivity index (χ4n) is 1.48. The van der Waals surface area contributed by atoms with E-state index in [-0.39, 0.29) is 6.42 Å². The van der Waals surface area contributed by atoms with Gasteiger partial charge in [-0.15, -0.1) is 0 Å². The van der Waals surface area contributed by atoms with Crippen LogP contribution in [0.4, 0.5) is 0 Å². The average Bonchev–Trinajstić information content (AvgIpc) is 2.46. The summed E-state index contributed by atoms with van der Waals surface area (Å²) in [6.07, 6.45) is 2.91. The minimum atomic E-state index is -1.31. The van der Waals surface area contributed by atoms with Crippen molar-refractivity contribution in [3.05, 3.63) is 12.2 Å². The van der Waals surface area contributed by atoms with Crippen molar-refractivity contribution in [3.63, 3.8) is 0 Å². The lowest BCUT2D eigenvalue weighted by Crippen LogP contribution is -2.49. The first-order chi connectivity index (χ1) is 7.14. The fraction of sp³-hybridized carbons (Fsp3) is 0.636. The molecule has 16 heavy (non-hydrogen) atoms. The number of carboxylic acids is 1. The first kappa shape index (κ1) is 12.7. The fourth-order valence-corrected chi connectivity index (χ4v) is 1.48. The zero-order valence-corrected chi connectivity index (χ0v) is 9.69. The van der Waals surface area contributed by atoms with Crippen LogP contribution in [0.5, 0.6) is 0 Å². The van der Waals surface area contributed by atoms with Gasteiger partial charge in [0.1, 0.15) is 11.1 Å². The van der Waals surface area contributed by atoms with Crippen molar-refractivity contribution < 1.29 is 19.4 Å². The Labute approximate surface area is 94.3 Å². The molecule has 0 aliphatic heterocycles. The van der Waals surface area contributed by atoms with Gasteiger partial charge in [0.05, 0.1) is 5.92 Å². The molecule has 0 spiro atoms. The van der Waals surface area contributed by atoms with Gasteiger partial charge in [-0.05, 0) is 27.2 Å². The van der Waals surface area contributed by atoms with E-state index >= 15 is 0 Å². The van der Waals surface area contributed by atoms with E-state index in [1.807, 2.05) is 0 Å². The maximum atomic E-state index is 11.8.